The zero-order valence-corrected chi connectivity index (χ0v) is 13.9. The Balaban J connectivity index is 1.79. The highest BCUT2D eigenvalue weighted by Gasteiger charge is 2.22. The Kier molecular flexibility index (Phi) is 3.99. The summed E-state index contributed by atoms with van der Waals surface area (Å²) in [4.78, 5) is 6.80. The molecule has 122 valence electrons. The van der Waals surface area contributed by atoms with Crippen LogP contribution in [0.3, 0.4) is 0 Å². The SMILES string of the molecule is Cc1ccccc1Cn1c(-c2ccccn2)nnc1N1CCCC1. The molecule has 2 aromatic heterocycles. The number of benzene rings is 1. The van der Waals surface area contributed by atoms with Crippen molar-refractivity contribution in [1.82, 2.24) is 19.7 Å². The highest BCUT2D eigenvalue weighted by molar-refractivity contribution is 5.53. The van der Waals surface area contributed by atoms with Crippen LogP contribution in [0.4, 0.5) is 5.95 Å². The highest BCUT2D eigenvalue weighted by atomic mass is 15.4. The van der Waals surface area contributed by atoms with E-state index in [9.17, 15) is 0 Å². The summed E-state index contributed by atoms with van der Waals surface area (Å²) in [5.41, 5.74) is 3.43. The van der Waals surface area contributed by atoms with Gasteiger partial charge >= 0.3 is 0 Å². The Hall–Kier alpha value is -2.69. The number of aryl methyl sites for hydroxylation is 1. The quantitative estimate of drug-likeness (QED) is 0.740. The lowest BCUT2D eigenvalue weighted by Gasteiger charge is -2.19. The number of nitrogens with zero attached hydrogens (tertiary/aromatic N) is 5. The monoisotopic (exact) mass is 319 g/mol. The van der Waals surface area contributed by atoms with Gasteiger partial charge in [-0.2, -0.15) is 0 Å². The van der Waals surface area contributed by atoms with E-state index < -0.39 is 0 Å². The van der Waals surface area contributed by atoms with E-state index in [1.165, 1.54) is 24.0 Å². The van der Waals surface area contributed by atoms with Crippen LogP contribution in [0, 0.1) is 6.92 Å². The lowest BCUT2D eigenvalue weighted by Crippen LogP contribution is -2.23. The maximum absolute atomic E-state index is 4.50. The summed E-state index contributed by atoms with van der Waals surface area (Å²) in [6, 6.07) is 14.4. The molecule has 1 aliphatic heterocycles. The van der Waals surface area contributed by atoms with E-state index in [1.807, 2.05) is 18.2 Å². The van der Waals surface area contributed by atoms with E-state index in [0.29, 0.717) is 0 Å². The van der Waals surface area contributed by atoms with Gasteiger partial charge in [0.15, 0.2) is 5.82 Å². The van der Waals surface area contributed by atoms with Gasteiger partial charge in [-0.05, 0) is 43.0 Å². The van der Waals surface area contributed by atoms with Crippen molar-refractivity contribution in [3.63, 3.8) is 0 Å². The van der Waals surface area contributed by atoms with Crippen molar-refractivity contribution < 1.29 is 0 Å². The summed E-state index contributed by atoms with van der Waals surface area (Å²) in [5.74, 6) is 1.79. The topological polar surface area (TPSA) is 46.8 Å². The van der Waals surface area contributed by atoms with Crippen molar-refractivity contribution in [1.29, 1.82) is 0 Å². The van der Waals surface area contributed by atoms with Crippen molar-refractivity contribution in [2.24, 2.45) is 0 Å². The first-order valence-electron chi connectivity index (χ1n) is 8.47. The molecule has 1 aliphatic rings. The third-order valence-electron chi connectivity index (χ3n) is 4.60. The molecule has 5 nitrogen and oxygen atoms in total. The highest BCUT2D eigenvalue weighted by Crippen LogP contribution is 2.25. The number of aromatic nitrogens is 4. The molecule has 0 amide bonds. The number of rotatable bonds is 4. The smallest absolute Gasteiger partial charge is 0.227 e. The molecule has 24 heavy (non-hydrogen) atoms. The van der Waals surface area contributed by atoms with Crippen molar-refractivity contribution in [3.8, 4) is 11.5 Å². The van der Waals surface area contributed by atoms with E-state index >= 15 is 0 Å². The Morgan fingerprint density at radius 1 is 0.958 bits per heavy atom. The van der Waals surface area contributed by atoms with E-state index in [0.717, 1.165) is 37.1 Å². The van der Waals surface area contributed by atoms with Crippen LogP contribution in [-0.4, -0.2) is 32.8 Å². The molecule has 0 radical (unpaired) electrons. The van der Waals surface area contributed by atoms with E-state index in [1.54, 1.807) is 6.20 Å². The average molecular weight is 319 g/mol. The van der Waals surface area contributed by atoms with Crippen LogP contribution in [-0.2, 0) is 6.54 Å². The van der Waals surface area contributed by atoms with Crippen molar-refractivity contribution in [3.05, 3.63) is 59.8 Å². The van der Waals surface area contributed by atoms with Gasteiger partial charge in [-0.1, -0.05) is 30.3 Å². The molecular weight excluding hydrogens is 298 g/mol. The zero-order valence-electron chi connectivity index (χ0n) is 13.9. The van der Waals surface area contributed by atoms with Crippen molar-refractivity contribution >= 4 is 5.95 Å². The summed E-state index contributed by atoms with van der Waals surface area (Å²) in [6.45, 7) is 5.01. The molecule has 0 saturated carbocycles. The molecule has 1 saturated heterocycles. The standard InChI is InChI=1S/C19H21N5/c1-15-8-2-3-9-16(15)14-24-18(17-10-4-5-11-20-17)21-22-19(24)23-12-6-7-13-23/h2-5,8-11H,6-7,12-14H2,1H3. The Labute approximate surface area is 142 Å². The molecule has 1 aromatic carbocycles. The number of pyridine rings is 1. The molecule has 0 aliphatic carbocycles. The van der Waals surface area contributed by atoms with Gasteiger partial charge < -0.3 is 4.90 Å². The fourth-order valence-corrected chi connectivity index (χ4v) is 3.23. The molecule has 0 bridgehead atoms. The maximum atomic E-state index is 4.50. The van der Waals surface area contributed by atoms with Crippen LogP contribution in [0.25, 0.3) is 11.5 Å². The van der Waals surface area contributed by atoms with Crippen LogP contribution in [0.15, 0.2) is 48.7 Å². The first-order valence-corrected chi connectivity index (χ1v) is 8.47. The summed E-state index contributed by atoms with van der Waals surface area (Å²) in [5, 5.41) is 8.96. The molecule has 3 heterocycles. The van der Waals surface area contributed by atoms with E-state index in [-0.39, 0.29) is 0 Å². The molecule has 0 atom stereocenters. The van der Waals surface area contributed by atoms with Crippen LogP contribution < -0.4 is 4.90 Å². The van der Waals surface area contributed by atoms with E-state index in [4.69, 9.17) is 0 Å². The predicted octanol–water partition coefficient (Wildman–Crippen LogP) is 3.30. The van der Waals surface area contributed by atoms with Crippen LogP contribution in [0.1, 0.15) is 24.0 Å². The van der Waals surface area contributed by atoms with Crippen molar-refractivity contribution in [2.45, 2.75) is 26.3 Å². The van der Waals surface area contributed by atoms with Gasteiger partial charge in [0.2, 0.25) is 5.95 Å². The van der Waals surface area contributed by atoms with Crippen LogP contribution >= 0.6 is 0 Å². The van der Waals surface area contributed by atoms with Gasteiger partial charge in [-0.15, -0.1) is 10.2 Å². The molecule has 1 fully saturated rings. The largest absolute Gasteiger partial charge is 0.341 e. The summed E-state index contributed by atoms with van der Waals surface area (Å²) in [7, 11) is 0. The third kappa shape index (κ3) is 2.77. The maximum Gasteiger partial charge on any atom is 0.227 e. The third-order valence-corrected chi connectivity index (χ3v) is 4.60. The van der Waals surface area contributed by atoms with Crippen LogP contribution in [0.5, 0.6) is 0 Å². The molecule has 4 rings (SSSR count). The molecule has 0 spiro atoms. The molecule has 0 N–H and O–H groups in total. The molecule has 5 heteroatoms. The van der Waals surface area contributed by atoms with Gasteiger partial charge in [-0.3, -0.25) is 9.55 Å². The summed E-state index contributed by atoms with van der Waals surface area (Å²) >= 11 is 0. The fourth-order valence-electron chi connectivity index (χ4n) is 3.23. The minimum atomic E-state index is 0.761. The second-order valence-corrected chi connectivity index (χ2v) is 6.25. The number of hydrogen-bond donors (Lipinski definition) is 0. The van der Waals surface area contributed by atoms with Gasteiger partial charge in [0.25, 0.3) is 0 Å². The second-order valence-electron chi connectivity index (χ2n) is 6.25. The van der Waals surface area contributed by atoms with Gasteiger partial charge in [0.05, 0.1) is 6.54 Å². The zero-order chi connectivity index (χ0) is 16.4. The summed E-state index contributed by atoms with van der Waals surface area (Å²) < 4.78 is 2.20. The van der Waals surface area contributed by atoms with Crippen molar-refractivity contribution in [2.75, 3.05) is 18.0 Å². The lowest BCUT2D eigenvalue weighted by atomic mass is 10.1. The number of anilines is 1. The number of hydrogen-bond acceptors (Lipinski definition) is 4. The first-order chi connectivity index (χ1) is 11.8. The van der Waals surface area contributed by atoms with Gasteiger partial charge in [0.1, 0.15) is 5.69 Å². The Morgan fingerprint density at radius 2 is 1.75 bits per heavy atom. The minimum absolute atomic E-state index is 0.761. The second kappa shape index (κ2) is 6.43. The normalized spacial score (nSPS) is 14.3. The fraction of sp³-hybridized carbons (Fsp3) is 0.316. The predicted molar refractivity (Wildman–Crippen MR) is 95.0 cm³/mol. The Morgan fingerprint density at radius 3 is 2.50 bits per heavy atom. The molecule has 3 aromatic rings. The minimum Gasteiger partial charge on any atom is -0.341 e. The van der Waals surface area contributed by atoms with Gasteiger partial charge in [-0.25, -0.2) is 0 Å². The van der Waals surface area contributed by atoms with Crippen LogP contribution in [0.2, 0.25) is 0 Å². The molecule has 0 unspecified atom stereocenters. The lowest BCUT2D eigenvalue weighted by molar-refractivity contribution is 0.757. The Bertz CT molecular complexity index is 819. The summed E-state index contributed by atoms with van der Waals surface area (Å²) in [6.07, 6.45) is 4.24. The average Bonchev–Trinajstić information content (AvgIpc) is 3.27. The van der Waals surface area contributed by atoms with E-state index in [2.05, 4.69) is 55.8 Å². The van der Waals surface area contributed by atoms with Gasteiger partial charge in [0, 0.05) is 19.3 Å². The first kappa shape index (κ1) is 14.9. The molecular formula is C19H21N5.